The first-order chi connectivity index (χ1) is 6.16. The molecule has 0 aliphatic rings. The van der Waals surface area contributed by atoms with E-state index in [0.717, 1.165) is 12.8 Å². The molecule has 0 radical (unpaired) electrons. The van der Waals surface area contributed by atoms with E-state index in [1.54, 1.807) is 7.11 Å². The summed E-state index contributed by atoms with van der Waals surface area (Å²) in [5, 5.41) is 8.38. The van der Waals surface area contributed by atoms with Crippen molar-refractivity contribution >= 4 is 18.6 Å². The number of hydrogen-bond acceptors (Lipinski definition) is 4. The number of carboxylic acids is 1. The highest BCUT2D eigenvalue weighted by Crippen LogP contribution is 2.04. The van der Waals surface area contributed by atoms with E-state index in [4.69, 9.17) is 14.6 Å². The van der Waals surface area contributed by atoms with Gasteiger partial charge in [0, 0.05) is 20.3 Å². The van der Waals surface area contributed by atoms with Gasteiger partial charge in [-0.2, -0.15) is 0 Å². The van der Waals surface area contributed by atoms with Crippen LogP contribution in [0.4, 0.5) is 0 Å². The van der Waals surface area contributed by atoms with Crippen molar-refractivity contribution in [1.82, 2.24) is 0 Å². The van der Waals surface area contributed by atoms with Crippen molar-refractivity contribution < 1.29 is 19.4 Å². The second-order valence-corrected chi connectivity index (χ2v) is 3.20. The van der Waals surface area contributed by atoms with E-state index in [1.165, 1.54) is 0 Å². The van der Waals surface area contributed by atoms with Crippen LogP contribution in [0.3, 0.4) is 0 Å². The molecule has 0 heterocycles. The Balaban J connectivity index is 3.17. The number of carboxylic acid groups (broad SMARTS) is 1. The van der Waals surface area contributed by atoms with E-state index in [1.807, 2.05) is 0 Å². The van der Waals surface area contributed by atoms with Crippen molar-refractivity contribution in [3.05, 3.63) is 0 Å². The predicted octanol–water partition coefficient (Wildman–Crippen LogP) is 1.16. The van der Waals surface area contributed by atoms with Crippen LogP contribution >= 0.6 is 12.6 Å². The van der Waals surface area contributed by atoms with Crippen LogP contribution in [0.15, 0.2) is 0 Å². The Hall–Kier alpha value is -0.260. The molecule has 0 saturated carbocycles. The zero-order valence-corrected chi connectivity index (χ0v) is 8.63. The summed E-state index contributed by atoms with van der Waals surface area (Å²) < 4.78 is 9.97. The van der Waals surface area contributed by atoms with E-state index >= 15 is 0 Å². The molecule has 0 saturated heterocycles. The molecule has 0 fully saturated rings. The van der Waals surface area contributed by atoms with Gasteiger partial charge in [0.25, 0.3) is 0 Å². The number of rotatable bonds is 8. The van der Waals surface area contributed by atoms with Crippen LogP contribution in [0, 0.1) is 0 Å². The summed E-state index contributed by atoms with van der Waals surface area (Å²) in [6.07, 6.45) is 1.72. The maximum atomic E-state index is 10.2. The summed E-state index contributed by atoms with van der Waals surface area (Å²) in [7, 11) is 1.65. The lowest BCUT2D eigenvalue weighted by atomic mass is 10.3. The highest BCUT2D eigenvalue weighted by Gasteiger charge is 2.07. The van der Waals surface area contributed by atoms with Gasteiger partial charge in [0.15, 0.2) is 0 Å². The summed E-state index contributed by atoms with van der Waals surface area (Å²) >= 11 is 3.96. The molecule has 0 aromatic rings. The predicted molar refractivity (Wildman–Crippen MR) is 52.1 cm³/mol. The molecule has 0 bridgehead atoms. The minimum Gasteiger partial charge on any atom is -0.481 e. The van der Waals surface area contributed by atoms with Crippen LogP contribution in [-0.4, -0.2) is 36.8 Å². The molecule has 0 aliphatic heterocycles. The number of methoxy groups -OCH3 is 1. The first kappa shape index (κ1) is 12.7. The molecule has 0 aliphatic carbocycles. The zero-order valence-electron chi connectivity index (χ0n) is 7.73. The molecule has 0 aromatic carbocycles. The van der Waals surface area contributed by atoms with Crippen LogP contribution in [0.1, 0.15) is 19.3 Å². The van der Waals surface area contributed by atoms with Crippen molar-refractivity contribution in [2.24, 2.45) is 0 Å². The molecule has 0 spiro atoms. The molecule has 4 nitrogen and oxygen atoms in total. The number of carbonyl (C=O) groups is 1. The molecule has 0 rings (SSSR count). The van der Waals surface area contributed by atoms with Gasteiger partial charge in [-0.05, 0) is 12.8 Å². The molecule has 1 unspecified atom stereocenters. The molecule has 0 aromatic heterocycles. The molecule has 5 heteroatoms. The maximum absolute atomic E-state index is 10.2. The van der Waals surface area contributed by atoms with Crippen molar-refractivity contribution in [1.29, 1.82) is 0 Å². The topological polar surface area (TPSA) is 55.8 Å². The molecule has 78 valence electrons. The highest BCUT2D eigenvalue weighted by atomic mass is 32.1. The molecule has 1 atom stereocenters. The molecular weight excluding hydrogens is 192 g/mol. The van der Waals surface area contributed by atoms with Crippen LogP contribution in [0.25, 0.3) is 0 Å². The van der Waals surface area contributed by atoms with Gasteiger partial charge in [0.05, 0.1) is 6.42 Å². The van der Waals surface area contributed by atoms with Crippen molar-refractivity contribution in [3.63, 3.8) is 0 Å². The molecule has 0 amide bonds. The van der Waals surface area contributed by atoms with Crippen LogP contribution in [0.2, 0.25) is 0 Å². The van der Waals surface area contributed by atoms with Gasteiger partial charge in [-0.25, -0.2) is 0 Å². The number of hydrogen-bond donors (Lipinski definition) is 2. The Bertz CT molecular complexity index is 140. The van der Waals surface area contributed by atoms with Crippen LogP contribution in [0.5, 0.6) is 0 Å². The number of unbranched alkanes of at least 4 members (excludes halogenated alkanes) is 1. The summed E-state index contributed by atoms with van der Waals surface area (Å²) in [4.78, 5) is 10.2. The largest absolute Gasteiger partial charge is 0.481 e. The van der Waals surface area contributed by atoms with Gasteiger partial charge in [-0.15, -0.1) is 12.6 Å². The standard InChI is InChI=1S/C8H16O4S/c1-11-4-2-3-5-12-8(13)6-7(9)10/h8,13H,2-6H2,1H3,(H,9,10). The summed E-state index contributed by atoms with van der Waals surface area (Å²) in [6, 6.07) is 0. The Kier molecular flexibility index (Phi) is 8.18. The molecular formula is C8H16O4S. The van der Waals surface area contributed by atoms with Gasteiger partial charge in [-0.1, -0.05) is 0 Å². The van der Waals surface area contributed by atoms with Crippen molar-refractivity contribution in [3.8, 4) is 0 Å². The zero-order chi connectivity index (χ0) is 10.1. The number of thiol groups is 1. The van der Waals surface area contributed by atoms with Gasteiger partial charge in [0.2, 0.25) is 0 Å². The minimum absolute atomic E-state index is 0.0621. The Labute approximate surface area is 83.6 Å². The van der Waals surface area contributed by atoms with E-state index in [-0.39, 0.29) is 6.42 Å². The SMILES string of the molecule is COCCCCOC(S)CC(=O)O. The smallest absolute Gasteiger partial charge is 0.306 e. The maximum Gasteiger partial charge on any atom is 0.306 e. The third-order valence-corrected chi connectivity index (χ3v) is 1.73. The average molecular weight is 208 g/mol. The Morgan fingerprint density at radius 3 is 2.62 bits per heavy atom. The van der Waals surface area contributed by atoms with E-state index in [2.05, 4.69) is 12.6 Å². The summed E-state index contributed by atoms with van der Waals surface area (Å²) in [5.41, 5.74) is -0.500. The second kappa shape index (κ2) is 8.34. The van der Waals surface area contributed by atoms with E-state index < -0.39 is 11.4 Å². The highest BCUT2D eigenvalue weighted by molar-refractivity contribution is 7.80. The van der Waals surface area contributed by atoms with Crippen molar-refractivity contribution in [2.45, 2.75) is 24.7 Å². The van der Waals surface area contributed by atoms with Gasteiger partial charge in [-0.3, -0.25) is 4.79 Å². The minimum atomic E-state index is -0.892. The molecule has 1 N–H and O–H groups in total. The van der Waals surface area contributed by atoms with Gasteiger partial charge < -0.3 is 14.6 Å². The number of ether oxygens (including phenoxy) is 2. The monoisotopic (exact) mass is 208 g/mol. The fourth-order valence-corrected chi connectivity index (χ4v) is 1.04. The summed E-state index contributed by atoms with van der Waals surface area (Å²) in [5.74, 6) is -0.892. The van der Waals surface area contributed by atoms with Crippen molar-refractivity contribution in [2.75, 3.05) is 20.3 Å². The fraction of sp³-hybridized carbons (Fsp3) is 0.875. The quantitative estimate of drug-likeness (QED) is 0.357. The lowest BCUT2D eigenvalue weighted by molar-refractivity contribution is -0.138. The fourth-order valence-electron chi connectivity index (χ4n) is 0.776. The second-order valence-electron chi connectivity index (χ2n) is 2.62. The molecule has 13 heavy (non-hydrogen) atoms. The average Bonchev–Trinajstić information content (AvgIpc) is 2.02. The Morgan fingerprint density at radius 2 is 2.08 bits per heavy atom. The van der Waals surface area contributed by atoms with Gasteiger partial charge in [0.1, 0.15) is 5.44 Å². The normalized spacial score (nSPS) is 12.8. The van der Waals surface area contributed by atoms with Crippen LogP contribution in [-0.2, 0) is 14.3 Å². The third kappa shape index (κ3) is 9.66. The lowest BCUT2D eigenvalue weighted by Crippen LogP contribution is -2.12. The number of aliphatic carboxylic acids is 1. The van der Waals surface area contributed by atoms with Crippen LogP contribution < -0.4 is 0 Å². The lowest BCUT2D eigenvalue weighted by Gasteiger charge is -2.09. The Morgan fingerprint density at radius 1 is 1.46 bits per heavy atom. The van der Waals surface area contributed by atoms with E-state index in [0.29, 0.717) is 13.2 Å². The first-order valence-corrected chi connectivity index (χ1v) is 4.69. The van der Waals surface area contributed by atoms with E-state index in [9.17, 15) is 4.79 Å². The van der Waals surface area contributed by atoms with Gasteiger partial charge >= 0.3 is 5.97 Å². The third-order valence-electron chi connectivity index (χ3n) is 1.40. The summed E-state index contributed by atoms with van der Waals surface area (Å²) in [6.45, 7) is 1.24. The first-order valence-electron chi connectivity index (χ1n) is 4.17.